The molecule has 4 nitrogen and oxygen atoms in total. The lowest BCUT2D eigenvalue weighted by Gasteiger charge is -2.34. The zero-order valence-electron chi connectivity index (χ0n) is 17.8. The molecule has 0 aliphatic heterocycles. The lowest BCUT2D eigenvalue weighted by Crippen LogP contribution is -2.51. The quantitative estimate of drug-likeness (QED) is 0.491. The van der Waals surface area contributed by atoms with Crippen LogP contribution in [0.2, 0.25) is 18.1 Å². The number of hydrogen-bond acceptors (Lipinski definition) is 3. The molecule has 0 radical (unpaired) electrons. The van der Waals surface area contributed by atoms with Crippen LogP contribution in [-0.4, -0.2) is 37.1 Å². The minimum Gasteiger partial charge on any atom is -0.444 e. The molecule has 0 aromatic carbocycles. The van der Waals surface area contributed by atoms with Crippen LogP contribution in [0.1, 0.15) is 55.4 Å². The van der Waals surface area contributed by atoms with Gasteiger partial charge in [-0.25, -0.2) is 4.79 Å². The van der Waals surface area contributed by atoms with Crippen molar-refractivity contribution in [3.05, 3.63) is 12.2 Å². The maximum Gasteiger partial charge on any atom is 0.408 e. The number of rotatable bonds is 6. The highest BCUT2D eigenvalue weighted by Crippen LogP contribution is 2.37. The first kappa shape index (κ1) is 24.8. The van der Waals surface area contributed by atoms with Gasteiger partial charge >= 0.3 is 6.09 Å². The number of alkyl carbamates (subject to hydrolysis) is 1. The third-order valence-electron chi connectivity index (χ3n) is 4.70. The maximum atomic E-state index is 14.7. The Morgan fingerprint density at radius 1 is 1.04 bits per heavy atom. The van der Waals surface area contributed by atoms with Crippen molar-refractivity contribution in [1.82, 2.24) is 5.32 Å². The number of ether oxygens (including phenoxy) is 1. The molecule has 0 aromatic rings. The van der Waals surface area contributed by atoms with Crippen molar-refractivity contribution < 1.29 is 23.1 Å². The SMILES string of the molecule is CC(C)C(NC(=O)OC(C)(C)C)C(F)(F)/C=C/C(=O)[Si](C)(C)C(C)(C)C. The maximum absolute atomic E-state index is 14.7. The van der Waals surface area contributed by atoms with E-state index in [-0.39, 0.29) is 10.4 Å². The van der Waals surface area contributed by atoms with Crippen molar-refractivity contribution >= 4 is 19.6 Å². The van der Waals surface area contributed by atoms with Crippen LogP contribution < -0.4 is 5.32 Å². The standard InChI is InChI=1S/C19H35F2NO3Si/c1-13(2)15(22-16(24)25-17(3,4)5)19(20,21)12-11-14(23)26(9,10)18(6,7)8/h11-13,15H,1-10H3,(H,22,24)/b12-11+. The summed E-state index contributed by atoms with van der Waals surface area (Å²) in [6.07, 6.45) is 0.710. The van der Waals surface area contributed by atoms with E-state index in [9.17, 15) is 18.4 Å². The number of carbonyl (C=O) groups excluding carboxylic acids is 2. The summed E-state index contributed by atoms with van der Waals surface area (Å²) in [6.45, 7) is 17.7. The van der Waals surface area contributed by atoms with Gasteiger partial charge in [0.25, 0.3) is 5.92 Å². The molecule has 0 bridgehead atoms. The fraction of sp³-hybridized carbons (Fsp3) is 0.789. The molecule has 1 unspecified atom stereocenters. The molecule has 1 amide bonds. The second-order valence-corrected chi connectivity index (χ2v) is 14.9. The molecule has 7 heteroatoms. The van der Waals surface area contributed by atoms with Crippen molar-refractivity contribution in [3.63, 3.8) is 0 Å². The van der Waals surface area contributed by atoms with Crippen molar-refractivity contribution in [3.8, 4) is 0 Å². The molecule has 0 aromatic heterocycles. The molecule has 1 atom stereocenters. The molecule has 0 saturated heterocycles. The van der Waals surface area contributed by atoms with E-state index in [2.05, 4.69) is 5.32 Å². The largest absolute Gasteiger partial charge is 0.444 e. The van der Waals surface area contributed by atoms with Gasteiger partial charge in [-0.05, 0) is 43.9 Å². The molecular weight excluding hydrogens is 356 g/mol. The number of nitrogens with one attached hydrogen (secondary N) is 1. The van der Waals surface area contributed by atoms with Crippen LogP contribution in [0.4, 0.5) is 13.6 Å². The summed E-state index contributed by atoms with van der Waals surface area (Å²) in [5.74, 6) is -3.92. The third-order valence-corrected chi connectivity index (χ3v) is 9.85. The number of allylic oxidation sites excluding steroid dienone is 1. The number of hydrogen-bond donors (Lipinski definition) is 1. The number of halogens is 2. The predicted octanol–water partition coefficient (Wildman–Crippen LogP) is 5.34. The predicted molar refractivity (Wildman–Crippen MR) is 104 cm³/mol. The van der Waals surface area contributed by atoms with Crippen molar-refractivity contribution in [1.29, 1.82) is 0 Å². The Morgan fingerprint density at radius 2 is 1.50 bits per heavy atom. The van der Waals surface area contributed by atoms with Gasteiger partial charge in [0.2, 0.25) is 0 Å². The van der Waals surface area contributed by atoms with E-state index in [0.717, 1.165) is 6.08 Å². The monoisotopic (exact) mass is 391 g/mol. The highest BCUT2D eigenvalue weighted by Gasteiger charge is 2.44. The topological polar surface area (TPSA) is 55.4 Å². The normalized spacial score (nSPS) is 15.3. The van der Waals surface area contributed by atoms with Crippen molar-refractivity contribution in [2.75, 3.05) is 0 Å². The Bertz CT molecular complexity index is 544. The lowest BCUT2D eigenvalue weighted by atomic mass is 9.97. The van der Waals surface area contributed by atoms with E-state index >= 15 is 0 Å². The fourth-order valence-electron chi connectivity index (χ4n) is 2.01. The summed E-state index contributed by atoms with van der Waals surface area (Å²) >= 11 is 0. The highest BCUT2D eigenvalue weighted by atomic mass is 28.3. The molecule has 0 aliphatic rings. The summed E-state index contributed by atoms with van der Waals surface area (Å²) in [4.78, 5) is 24.4. The molecule has 0 heterocycles. The van der Waals surface area contributed by atoms with Gasteiger partial charge in [0.05, 0.1) is 0 Å². The van der Waals surface area contributed by atoms with Gasteiger partial charge in [0, 0.05) is 0 Å². The summed E-state index contributed by atoms with van der Waals surface area (Å²) in [7, 11) is -2.40. The van der Waals surface area contributed by atoms with E-state index in [4.69, 9.17) is 4.74 Å². The first-order valence-corrected chi connectivity index (χ1v) is 11.9. The smallest absolute Gasteiger partial charge is 0.408 e. The van der Waals surface area contributed by atoms with E-state index < -0.39 is 37.7 Å². The second kappa shape index (κ2) is 8.19. The first-order valence-electron chi connectivity index (χ1n) is 8.92. The van der Waals surface area contributed by atoms with Gasteiger partial charge in [-0.3, -0.25) is 0 Å². The average Bonchev–Trinajstić information content (AvgIpc) is 2.38. The van der Waals surface area contributed by atoms with Gasteiger partial charge in [0.15, 0.2) is 0 Å². The van der Waals surface area contributed by atoms with E-state index in [1.807, 2.05) is 33.9 Å². The fourth-order valence-corrected chi connectivity index (χ4v) is 3.25. The first-order chi connectivity index (χ1) is 11.3. The lowest BCUT2D eigenvalue weighted by molar-refractivity contribution is -0.109. The summed E-state index contributed by atoms with van der Waals surface area (Å²) < 4.78 is 34.4. The number of carbonyl (C=O) groups is 2. The molecule has 152 valence electrons. The van der Waals surface area contributed by atoms with Gasteiger partial charge in [-0.1, -0.05) is 47.7 Å². The van der Waals surface area contributed by atoms with Crippen LogP contribution >= 0.6 is 0 Å². The Hall–Kier alpha value is -1.24. The molecule has 0 spiro atoms. The Labute approximate surface area is 157 Å². The van der Waals surface area contributed by atoms with Gasteiger partial charge in [0.1, 0.15) is 25.1 Å². The zero-order chi connectivity index (χ0) is 21.1. The Morgan fingerprint density at radius 3 is 1.85 bits per heavy atom. The second-order valence-electron chi connectivity index (χ2n) is 9.62. The molecule has 0 fully saturated rings. The van der Waals surface area contributed by atoms with Gasteiger partial charge in [-0.15, -0.1) is 0 Å². The van der Waals surface area contributed by atoms with Crippen LogP contribution in [0.3, 0.4) is 0 Å². The number of alkyl halides is 2. The van der Waals surface area contributed by atoms with Crippen LogP contribution in [0, 0.1) is 5.92 Å². The summed E-state index contributed by atoms with van der Waals surface area (Å²) in [5, 5.41) is 1.76. The number of amides is 1. The Kier molecular flexibility index (Phi) is 7.80. The van der Waals surface area contributed by atoms with E-state index in [1.54, 1.807) is 34.6 Å². The summed E-state index contributed by atoms with van der Waals surface area (Å²) in [6, 6.07) is -1.47. The molecule has 0 aliphatic carbocycles. The van der Waals surface area contributed by atoms with Crippen molar-refractivity contribution in [2.45, 2.75) is 91.1 Å². The minimum absolute atomic E-state index is 0.240. The molecule has 1 N–H and O–H groups in total. The van der Waals surface area contributed by atoms with Crippen LogP contribution in [0.5, 0.6) is 0 Å². The zero-order valence-corrected chi connectivity index (χ0v) is 18.8. The molecule has 26 heavy (non-hydrogen) atoms. The Balaban J connectivity index is 5.40. The molecular formula is C19H35F2NO3Si. The van der Waals surface area contributed by atoms with Gasteiger partial charge < -0.3 is 14.8 Å². The molecule has 0 saturated carbocycles. The van der Waals surface area contributed by atoms with Crippen LogP contribution in [-0.2, 0) is 9.53 Å². The van der Waals surface area contributed by atoms with Crippen LogP contribution in [0.15, 0.2) is 12.2 Å². The minimum atomic E-state index is -3.37. The summed E-state index contributed by atoms with van der Waals surface area (Å²) in [5.41, 5.74) is -0.783. The van der Waals surface area contributed by atoms with Gasteiger partial charge in [-0.2, -0.15) is 8.78 Å². The van der Waals surface area contributed by atoms with E-state index in [1.165, 1.54) is 0 Å². The van der Waals surface area contributed by atoms with Crippen molar-refractivity contribution in [2.24, 2.45) is 5.92 Å². The average molecular weight is 392 g/mol. The third kappa shape index (κ3) is 7.17. The molecule has 0 rings (SSSR count). The van der Waals surface area contributed by atoms with E-state index in [0.29, 0.717) is 6.08 Å². The van der Waals surface area contributed by atoms with Crippen LogP contribution in [0.25, 0.3) is 0 Å². The highest BCUT2D eigenvalue weighted by molar-refractivity contribution is 7.07.